The second-order valence-electron chi connectivity index (χ2n) is 9.59. The van der Waals surface area contributed by atoms with E-state index in [2.05, 4.69) is 44.8 Å². The molecule has 1 aliphatic carbocycles. The highest BCUT2D eigenvalue weighted by Crippen LogP contribution is 2.57. The molecule has 168 valence electrons. The number of rotatable bonds is 6. The number of methoxy groups -OCH3 is 1. The van der Waals surface area contributed by atoms with Gasteiger partial charge in [0.05, 0.1) is 18.3 Å². The molecule has 1 N–H and O–H groups in total. The molecular formula is C25H29ClN4OS. The van der Waals surface area contributed by atoms with E-state index in [1.54, 1.807) is 18.4 Å². The first-order valence-corrected chi connectivity index (χ1v) is 12.9. The Balaban J connectivity index is 1.25. The predicted octanol–water partition coefficient (Wildman–Crippen LogP) is 5.05. The summed E-state index contributed by atoms with van der Waals surface area (Å²) in [5, 5.41) is 7.92. The number of hydrogen-bond acceptors (Lipinski definition) is 6. The van der Waals surface area contributed by atoms with Crippen molar-refractivity contribution in [3.63, 3.8) is 0 Å². The summed E-state index contributed by atoms with van der Waals surface area (Å²) in [6.07, 6.45) is 3.66. The standard InChI is InChI=1S/C25H29ClN4OS/c1-14-27-24(19-7-8-32-25(19)28-14)21-10-20(21)18-6-3-15(9-22(18)26)23(13-31-2)30-11-16-4-5-17(12-30)29-16/h3,6-9,16-17,20-21,23,29H,4-5,10-13H2,1-2H3. The lowest BCUT2D eigenvalue weighted by Gasteiger charge is -2.38. The van der Waals surface area contributed by atoms with Gasteiger partial charge in [-0.25, -0.2) is 9.97 Å². The van der Waals surface area contributed by atoms with Crippen LogP contribution in [-0.2, 0) is 4.74 Å². The van der Waals surface area contributed by atoms with Crippen LogP contribution in [0.2, 0.25) is 5.02 Å². The molecule has 3 fully saturated rings. The zero-order chi connectivity index (χ0) is 21.8. The van der Waals surface area contributed by atoms with Crippen molar-refractivity contribution in [3.8, 4) is 0 Å². The van der Waals surface area contributed by atoms with Crippen molar-refractivity contribution >= 4 is 33.2 Å². The summed E-state index contributed by atoms with van der Waals surface area (Å²) >= 11 is 8.59. The first kappa shape index (κ1) is 21.0. The number of nitrogens with zero attached hydrogens (tertiary/aromatic N) is 3. The molecule has 0 amide bonds. The third-order valence-electron chi connectivity index (χ3n) is 7.43. The number of nitrogens with one attached hydrogen (secondary N) is 1. The van der Waals surface area contributed by atoms with Gasteiger partial charge in [0.15, 0.2) is 0 Å². The van der Waals surface area contributed by atoms with Gasteiger partial charge in [0, 0.05) is 48.6 Å². The van der Waals surface area contributed by atoms with Crippen LogP contribution in [0.1, 0.15) is 59.8 Å². The molecule has 4 heterocycles. The second-order valence-corrected chi connectivity index (χ2v) is 10.9. The van der Waals surface area contributed by atoms with Crippen LogP contribution in [0.4, 0.5) is 0 Å². The first-order valence-electron chi connectivity index (χ1n) is 11.6. The molecule has 1 aromatic carbocycles. The lowest BCUT2D eigenvalue weighted by atomic mass is 9.99. The number of likely N-dealkylation sites (tertiary alicyclic amines) is 1. The summed E-state index contributed by atoms with van der Waals surface area (Å²) in [4.78, 5) is 13.1. The number of aromatic nitrogens is 2. The Morgan fingerprint density at radius 1 is 1.19 bits per heavy atom. The molecule has 0 spiro atoms. The fourth-order valence-corrected chi connectivity index (χ4v) is 6.97. The lowest BCUT2D eigenvalue weighted by Crippen LogP contribution is -2.52. The van der Waals surface area contributed by atoms with Gasteiger partial charge in [-0.05, 0) is 60.7 Å². The normalized spacial score (nSPS) is 28.3. The molecule has 5 nitrogen and oxygen atoms in total. The van der Waals surface area contributed by atoms with Gasteiger partial charge >= 0.3 is 0 Å². The molecule has 32 heavy (non-hydrogen) atoms. The Morgan fingerprint density at radius 3 is 2.75 bits per heavy atom. The Bertz CT molecular complexity index is 1140. The highest BCUT2D eigenvalue weighted by atomic mass is 35.5. The van der Waals surface area contributed by atoms with Crippen LogP contribution in [0.3, 0.4) is 0 Å². The van der Waals surface area contributed by atoms with Gasteiger partial charge in [-0.1, -0.05) is 23.7 Å². The van der Waals surface area contributed by atoms with Crippen molar-refractivity contribution in [3.05, 3.63) is 57.3 Å². The number of ether oxygens (including phenoxy) is 1. The number of hydrogen-bond donors (Lipinski definition) is 1. The van der Waals surface area contributed by atoms with Crippen LogP contribution < -0.4 is 5.32 Å². The number of aryl methyl sites for hydroxylation is 1. The minimum Gasteiger partial charge on any atom is -0.383 e. The Kier molecular flexibility index (Phi) is 5.47. The maximum absolute atomic E-state index is 6.90. The van der Waals surface area contributed by atoms with Crippen molar-refractivity contribution in [1.29, 1.82) is 0 Å². The molecule has 1 saturated carbocycles. The summed E-state index contributed by atoms with van der Waals surface area (Å²) in [5.41, 5.74) is 3.70. The SMILES string of the molecule is COCC(c1ccc(C2CC2c2nc(C)nc3sccc23)c(Cl)c1)N1CC2CCC(C1)N2. The third kappa shape index (κ3) is 3.76. The van der Waals surface area contributed by atoms with Gasteiger partial charge < -0.3 is 10.1 Å². The van der Waals surface area contributed by atoms with Crippen LogP contribution >= 0.6 is 22.9 Å². The van der Waals surface area contributed by atoms with E-state index in [-0.39, 0.29) is 6.04 Å². The van der Waals surface area contributed by atoms with Crippen molar-refractivity contribution in [1.82, 2.24) is 20.2 Å². The van der Waals surface area contributed by atoms with E-state index in [0.717, 1.165) is 35.2 Å². The molecule has 5 atom stereocenters. The van der Waals surface area contributed by atoms with Gasteiger partial charge in [-0.2, -0.15) is 0 Å². The topological polar surface area (TPSA) is 50.3 Å². The van der Waals surface area contributed by atoms with Crippen LogP contribution in [0.15, 0.2) is 29.6 Å². The minimum absolute atomic E-state index is 0.252. The summed E-state index contributed by atoms with van der Waals surface area (Å²) in [6, 6.07) is 10.3. The van der Waals surface area contributed by atoms with Gasteiger partial charge in [-0.3, -0.25) is 4.90 Å². The smallest absolute Gasteiger partial charge is 0.127 e. The number of benzene rings is 1. The average molecular weight is 469 g/mol. The van der Waals surface area contributed by atoms with Crippen LogP contribution in [0.5, 0.6) is 0 Å². The van der Waals surface area contributed by atoms with Crippen molar-refractivity contribution in [2.45, 2.75) is 56.1 Å². The van der Waals surface area contributed by atoms with Gasteiger partial charge in [0.2, 0.25) is 0 Å². The summed E-state index contributed by atoms with van der Waals surface area (Å²) in [7, 11) is 1.80. The Morgan fingerprint density at radius 2 is 2.00 bits per heavy atom. The quantitative estimate of drug-likeness (QED) is 0.548. The molecule has 7 heteroatoms. The van der Waals surface area contributed by atoms with Gasteiger partial charge in [0.1, 0.15) is 10.7 Å². The fraction of sp³-hybridized carbons (Fsp3) is 0.520. The number of halogens is 1. The summed E-state index contributed by atoms with van der Waals surface area (Å²) < 4.78 is 5.63. The Labute approximate surface area is 198 Å². The van der Waals surface area contributed by atoms with E-state index >= 15 is 0 Å². The zero-order valence-corrected chi connectivity index (χ0v) is 20.1. The first-order chi connectivity index (χ1) is 15.6. The fourth-order valence-electron chi connectivity index (χ4n) is 5.82. The van der Waals surface area contributed by atoms with Crippen LogP contribution in [0, 0.1) is 6.92 Å². The lowest BCUT2D eigenvalue weighted by molar-refractivity contribution is 0.0672. The number of thiophene rings is 1. The molecule has 5 unspecified atom stereocenters. The van der Waals surface area contributed by atoms with Gasteiger partial charge in [-0.15, -0.1) is 11.3 Å². The van der Waals surface area contributed by atoms with E-state index in [1.165, 1.54) is 35.0 Å². The molecule has 6 rings (SSSR count). The third-order valence-corrected chi connectivity index (χ3v) is 8.56. The maximum Gasteiger partial charge on any atom is 0.127 e. The molecule has 2 aliphatic heterocycles. The van der Waals surface area contributed by atoms with E-state index in [0.29, 0.717) is 30.5 Å². The molecule has 2 aromatic heterocycles. The molecular weight excluding hydrogens is 440 g/mol. The minimum atomic E-state index is 0.252. The maximum atomic E-state index is 6.90. The van der Waals surface area contributed by atoms with Crippen LogP contribution in [-0.4, -0.2) is 53.8 Å². The van der Waals surface area contributed by atoms with E-state index < -0.39 is 0 Å². The largest absolute Gasteiger partial charge is 0.383 e. The van der Waals surface area contributed by atoms with E-state index in [9.17, 15) is 0 Å². The molecule has 2 saturated heterocycles. The highest BCUT2D eigenvalue weighted by molar-refractivity contribution is 7.16. The van der Waals surface area contributed by atoms with Crippen molar-refractivity contribution in [2.75, 3.05) is 26.8 Å². The number of piperazine rings is 1. The number of fused-ring (bicyclic) bond motifs is 3. The summed E-state index contributed by atoms with van der Waals surface area (Å²) in [5.74, 6) is 1.72. The average Bonchev–Trinajstić information content (AvgIpc) is 3.29. The second kappa shape index (κ2) is 8.33. The Hall–Kier alpha value is -1.57. The summed E-state index contributed by atoms with van der Waals surface area (Å²) in [6.45, 7) is 4.84. The van der Waals surface area contributed by atoms with Crippen molar-refractivity contribution in [2.24, 2.45) is 0 Å². The zero-order valence-electron chi connectivity index (χ0n) is 18.6. The molecule has 2 bridgehead atoms. The monoisotopic (exact) mass is 468 g/mol. The van der Waals surface area contributed by atoms with Crippen LogP contribution in [0.25, 0.3) is 10.2 Å². The van der Waals surface area contributed by atoms with Crippen molar-refractivity contribution < 1.29 is 4.74 Å². The molecule has 3 aromatic rings. The molecule has 0 radical (unpaired) electrons. The predicted molar refractivity (Wildman–Crippen MR) is 130 cm³/mol. The molecule has 3 aliphatic rings. The van der Waals surface area contributed by atoms with E-state index in [1.807, 2.05) is 6.92 Å². The van der Waals surface area contributed by atoms with Gasteiger partial charge in [0.25, 0.3) is 0 Å². The highest BCUT2D eigenvalue weighted by Gasteiger charge is 2.43. The van der Waals surface area contributed by atoms with E-state index in [4.69, 9.17) is 21.3 Å².